The Labute approximate surface area is 215 Å². The summed E-state index contributed by atoms with van der Waals surface area (Å²) in [6, 6.07) is 34.3. The third-order valence-electron chi connectivity index (χ3n) is 8.02. The van der Waals surface area contributed by atoms with Gasteiger partial charge in [0, 0.05) is 11.5 Å². The Bertz CT molecular complexity index is 1930. The summed E-state index contributed by atoms with van der Waals surface area (Å²) >= 11 is 0. The minimum Gasteiger partial charge on any atom is -0.458 e. The van der Waals surface area contributed by atoms with Gasteiger partial charge in [0.05, 0.1) is 10.9 Å². The molecule has 1 aromatic heterocycles. The van der Waals surface area contributed by atoms with Gasteiger partial charge >= 0.3 is 0 Å². The van der Waals surface area contributed by atoms with Crippen LogP contribution >= 0.6 is 0 Å². The topological polar surface area (TPSA) is 22.3 Å². The van der Waals surface area contributed by atoms with Crippen molar-refractivity contribution in [3.63, 3.8) is 0 Å². The fourth-order valence-electron chi connectivity index (χ4n) is 6.26. The molecule has 0 fully saturated rings. The van der Waals surface area contributed by atoms with E-state index in [2.05, 4.69) is 104 Å². The average molecular weight is 476 g/mol. The van der Waals surface area contributed by atoms with Gasteiger partial charge < -0.3 is 9.47 Å². The Hall–Kier alpha value is -4.57. The monoisotopic (exact) mass is 476 g/mol. The summed E-state index contributed by atoms with van der Waals surface area (Å²) in [4.78, 5) is 0. The molecule has 3 heterocycles. The van der Waals surface area contributed by atoms with Crippen molar-refractivity contribution in [2.45, 2.75) is 6.92 Å². The molecule has 8 rings (SSSR count). The first-order chi connectivity index (χ1) is 18.2. The van der Waals surface area contributed by atoms with E-state index >= 15 is 0 Å². The Kier molecular flexibility index (Phi) is 4.16. The van der Waals surface area contributed by atoms with Gasteiger partial charge in [-0.3, -0.25) is 0 Å². The number of pyridine rings is 1. The number of ether oxygens (including phenoxy) is 2. The van der Waals surface area contributed by atoms with E-state index in [1.54, 1.807) is 0 Å². The maximum atomic E-state index is 6.59. The first-order valence-corrected chi connectivity index (χ1v) is 12.7. The van der Waals surface area contributed by atoms with Gasteiger partial charge in [0.15, 0.2) is 6.20 Å². The lowest BCUT2D eigenvalue weighted by molar-refractivity contribution is -0.659. The van der Waals surface area contributed by atoms with Crippen molar-refractivity contribution in [3.05, 3.63) is 109 Å². The van der Waals surface area contributed by atoms with Crippen molar-refractivity contribution in [1.82, 2.24) is 0 Å². The van der Waals surface area contributed by atoms with Crippen molar-refractivity contribution in [3.8, 4) is 34.3 Å². The second-order valence-corrected chi connectivity index (χ2v) is 10.1. The summed E-state index contributed by atoms with van der Waals surface area (Å²) in [7, 11) is 2.13. The van der Waals surface area contributed by atoms with Gasteiger partial charge in [-0.15, -0.1) is 0 Å². The molecule has 37 heavy (non-hydrogen) atoms. The van der Waals surface area contributed by atoms with Crippen LogP contribution < -0.4 is 30.4 Å². The zero-order chi connectivity index (χ0) is 24.7. The molecule has 0 bridgehead atoms. The summed E-state index contributed by atoms with van der Waals surface area (Å²) < 4.78 is 15.1. The predicted octanol–water partition coefficient (Wildman–Crippen LogP) is 5.52. The van der Waals surface area contributed by atoms with Crippen LogP contribution in [-0.4, -0.2) is 6.71 Å². The van der Waals surface area contributed by atoms with Gasteiger partial charge in [0.25, 0.3) is 6.71 Å². The fourth-order valence-corrected chi connectivity index (χ4v) is 6.26. The normalized spacial score (nSPS) is 13.0. The van der Waals surface area contributed by atoms with Crippen LogP contribution in [0.5, 0.6) is 23.0 Å². The molecule has 0 atom stereocenters. The molecule has 0 spiro atoms. The van der Waals surface area contributed by atoms with Gasteiger partial charge in [-0.05, 0) is 69.9 Å². The molecular formula is C33H23BNO2+. The maximum absolute atomic E-state index is 6.59. The number of fused-ring (bicyclic) bond motifs is 6. The molecule has 3 nitrogen and oxygen atoms in total. The lowest BCUT2D eigenvalue weighted by atomic mass is 9.35. The number of benzene rings is 5. The summed E-state index contributed by atoms with van der Waals surface area (Å²) in [6.45, 7) is 2.30. The van der Waals surface area contributed by atoms with Crippen molar-refractivity contribution in [1.29, 1.82) is 0 Å². The lowest BCUT2D eigenvalue weighted by Crippen LogP contribution is -2.57. The Morgan fingerprint density at radius 2 is 1.38 bits per heavy atom. The highest BCUT2D eigenvalue weighted by Gasteiger charge is 2.40. The van der Waals surface area contributed by atoms with Crippen LogP contribution in [0.3, 0.4) is 0 Å². The number of rotatable bonds is 1. The number of para-hydroxylation sites is 1. The summed E-state index contributed by atoms with van der Waals surface area (Å²) in [6.07, 6.45) is 2.17. The van der Waals surface area contributed by atoms with Crippen LogP contribution in [-0.2, 0) is 7.05 Å². The molecule has 6 aromatic rings. The van der Waals surface area contributed by atoms with E-state index in [-0.39, 0.29) is 6.71 Å². The Morgan fingerprint density at radius 3 is 2.27 bits per heavy atom. The molecule has 5 aromatic carbocycles. The molecule has 2 aliphatic heterocycles. The van der Waals surface area contributed by atoms with E-state index in [9.17, 15) is 0 Å². The van der Waals surface area contributed by atoms with Crippen molar-refractivity contribution >= 4 is 44.6 Å². The smallest absolute Gasteiger partial charge is 0.260 e. The summed E-state index contributed by atoms with van der Waals surface area (Å²) in [5.41, 5.74) is 7.19. The summed E-state index contributed by atoms with van der Waals surface area (Å²) in [5.74, 6) is 3.56. The minimum absolute atomic E-state index is 0.0733. The fraction of sp³-hybridized carbons (Fsp3) is 0.0606. The second-order valence-electron chi connectivity index (χ2n) is 10.1. The highest BCUT2D eigenvalue weighted by molar-refractivity contribution is 6.98. The van der Waals surface area contributed by atoms with E-state index in [1.165, 1.54) is 49.3 Å². The van der Waals surface area contributed by atoms with Crippen molar-refractivity contribution in [2.24, 2.45) is 7.05 Å². The molecular weight excluding hydrogens is 453 g/mol. The van der Waals surface area contributed by atoms with Crippen LogP contribution in [0.15, 0.2) is 103 Å². The zero-order valence-electron chi connectivity index (χ0n) is 20.7. The van der Waals surface area contributed by atoms with Crippen LogP contribution in [0.2, 0.25) is 0 Å². The predicted molar refractivity (Wildman–Crippen MR) is 150 cm³/mol. The van der Waals surface area contributed by atoms with E-state index in [1.807, 2.05) is 18.2 Å². The third kappa shape index (κ3) is 2.87. The van der Waals surface area contributed by atoms with Crippen molar-refractivity contribution in [2.75, 3.05) is 0 Å². The van der Waals surface area contributed by atoms with E-state index in [4.69, 9.17) is 9.47 Å². The molecule has 174 valence electrons. The Balaban J connectivity index is 1.41. The first kappa shape index (κ1) is 20.6. The highest BCUT2D eigenvalue weighted by atomic mass is 16.5. The quantitative estimate of drug-likeness (QED) is 0.230. The molecule has 0 radical (unpaired) electrons. The van der Waals surface area contributed by atoms with Crippen molar-refractivity contribution < 1.29 is 14.0 Å². The van der Waals surface area contributed by atoms with Crippen LogP contribution in [0.1, 0.15) is 5.56 Å². The molecule has 0 saturated carbocycles. The maximum Gasteiger partial charge on any atom is 0.260 e. The average Bonchev–Trinajstić information content (AvgIpc) is 2.93. The first-order valence-electron chi connectivity index (χ1n) is 12.7. The minimum atomic E-state index is 0.0733. The van der Waals surface area contributed by atoms with Crippen LogP contribution in [0, 0.1) is 6.92 Å². The Morgan fingerprint density at radius 1 is 0.622 bits per heavy atom. The van der Waals surface area contributed by atoms with Gasteiger partial charge in [0.2, 0.25) is 5.69 Å². The SMILES string of the molecule is Cc1c(-c2c3cc4c(cc3cc[n+]2C)B2c3ccccc3Oc3cccc(c32)O4)ccc2ccccc12. The van der Waals surface area contributed by atoms with Crippen LogP contribution in [0.25, 0.3) is 32.8 Å². The number of hydrogen-bond donors (Lipinski definition) is 0. The molecule has 2 aliphatic rings. The van der Waals surface area contributed by atoms with E-state index in [0.29, 0.717) is 0 Å². The largest absolute Gasteiger partial charge is 0.458 e. The molecule has 0 unspecified atom stereocenters. The molecule has 0 saturated heterocycles. The third-order valence-corrected chi connectivity index (χ3v) is 8.02. The standard InChI is InChI=1S/C33H23BNO2/c1-20-23-9-4-3-8-21(23)14-15-24(20)33-25-19-31-27(18-22(25)16-17-35(33)2)34-26-10-5-6-11-28(26)36-29-12-7-13-30(37-31)32(29)34/h3-19H,1-2H3/q+1. The van der Waals surface area contributed by atoms with Gasteiger partial charge in [-0.1, -0.05) is 60.7 Å². The van der Waals surface area contributed by atoms with Crippen LogP contribution in [0.4, 0.5) is 0 Å². The highest BCUT2D eigenvalue weighted by Crippen LogP contribution is 2.38. The number of nitrogens with zero attached hydrogens (tertiary/aromatic N) is 1. The molecule has 0 amide bonds. The van der Waals surface area contributed by atoms with Gasteiger partial charge in [0.1, 0.15) is 30.0 Å². The molecule has 0 aliphatic carbocycles. The molecule has 4 heteroatoms. The second kappa shape index (κ2) is 7.47. The summed E-state index contributed by atoms with van der Waals surface area (Å²) in [5, 5.41) is 4.93. The van der Waals surface area contributed by atoms with Gasteiger partial charge in [-0.2, -0.15) is 0 Å². The zero-order valence-corrected chi connectivity index (χ0v) is 20.7. The lowest BCUT2D eigenvalue weighted by Gasteiger charge is -2.32. The van der Waals surface area contributed by atoms with E-state index in [0.717, 1.165) is 28.5 Å². The number of hydrogen-bond acceptors (Lipinski definition) is 2. The van der Waals surface area contributed by atoms with E-state index < -0.39 is 0 Å². The number of aromatic nitrogens is 1. The molecule has 0 N–H and O–H groups in total. The number of aryl methyl sites for hydroxylation is 2. The van der Waals surface area contributed by atoms with Gasteiger partial charge in [-0.25, -0.2) is 4.57 Å².